The molecule has 0 unspecified atom stereocenters. The van der Waals surface area contributed by atoms with Gasteiger partial charge in [-0.25, -0.2) is 0 Å². The van der Waals surface area contributed by atoms with Crippen molar-refractivity contribution in [2.75, 3.05) is 0 Å². The van der Waals surface area contributed by atoms with E-state index < -0.39 is 0 Å². The van der Waals surface area contributed by atoms with Crippen molar-refractivity contribution in [3.05, 3.63) is 23.5 Å². The van der Waals surface area contributed by atoms with Crippen LogP contribution in [-0.4, -0.2) is 0 Å². The van der Waals surface area contributed by atoms with Gasteiger partial charge in [0.05, 0.1) is 0 Å². The van der Waals surface area contributed by atoms with E-state index in [1.54, 1.807) is 0 Å². The van der Waals surface area contributed by atoms with Crippen LogP contribution in [-0.2, 0) is 0 Å². The normalized spacial score (nSPS) is 14.2. The summed E-state index contributed by atoms with van der Waals surface area (Å²) in [5, 5.41) is 0. The second-order valence-electron chi connectivity index (χ2n) is 1.80. The van der Waals surface area contributed by atoms with Crippen LogP contribution in [0.2, 0.25) is 0 Å². The highest BCUT2D eigenvalue weighted by Gasteiger charge is 1.78. The van der Waals surface area contributed by atoms with Crippen molar-refractivity contribution in [2.24, 2.45) is 11.5 Å². The molecule has 2 heteroatoms. The first-order valence-electron chi connectivity index (χ1n) is 2.49. The summed E-state index contributed by atoms with van der Waals surface area (Å²) in [7, 11) is 0. The highest BCUT2D eigenvalue weighted by molar-refractivity contribution is 5.17. The highest BCUT2D eigenvalue weighted by atomic mass is 14.5. The predicted octanol–water partition coefficient (Wildman–Crippen LogP) is 0.711. The van der Waals surface area contributed by atoms with Crippen LogP contribution in [0.4, 0.5) is 0 Å². The highest BCUT2D eigenvalue weighted by Crippen LogP contribution is 1.92. The van der Waals surface area contributed by atoms with Crippen LogP contribution in [0.5, 0.6) is 0 Å². The smallest absolute Gasteiger partial charge is 0.00520 e. The van der Waals surface area contributed by atoms with Gasteiger partial charge in [-0.05, 0) is 31.7 Å². The third-order valence-electron chi connectivity index (χ3n) is 0.718. The standard InChI is InChI=1S/C6H12N2/c1-5(4-7)3-6(2)8/h3-4H,7-8H2,1-2H3/b5-4?,6-3-. The molecule has 0 amide bonds. The molecule has 0 spiro atoms. The summed E-state index contributed by atoms with van der Waals surface area (Å²) in [6.45, 7) is 3.73. The average Bonchev–Trinajstić information content (AvgIpc) is 1.65. The van der Waals surface area contributed by atoms with E-state index in [1.165, 1.54) is 6.20 Å². The van der Waals surface area contributed by atoms with E-state index in [0.29, 0.717) is 0 Å². The molecule has 0 aromatic rings. The summed E-state index contributed by atoms with van der Waals surface area (Å²) >= 11 is 0. The molecule has 46 valence electrons. The van der Waals surface area contributed by atoms with E-state index >= 15 is 0 Å². The molecule has 0 saturated carbocycles. The van der Waals surface area contributed by atoms with Crippen molar-refractivity contribution in [1.29, 1.82) is 0 Å². The Morgan fingerprint density at radius 3 is 2.00 bits per heavy atom. The lowest BCUT2D eigenvalue weighted by atomic mass is 10.3. The lowest BCUT2D eigenvalue weighted by Crippen LogP contribution is -1.91. The first-order chi connectivity index (χ1) is 3.66. The maximum atomic E-state index is 5.33. The molecule has 0 saturated heterocycles. The van der Waals surface area contributed by atoms with Gasteiger partial charge in [0, 0.05) is 5.70 Å². The molecule has 2 nitrogen and oxygen atoms in total. The van der Waals surface area contributed by atoms with Crippen LogP contribution in [0.15, 0.2) is 23.5 Å². The van der Waals surface area contributed by atoms with Crippen LogP contribution in [0, 0.1) is 0 Å². The Kier molecular flexibility index (Phi) is 2.77. The van der Waals surface area contributed by atoms with Gasteiger partial charge in [-0.3, -0.25) is 0 Å². The first kappa shape index (κ1) is 7.08. The first-order valence-corrected chi connectivity index (χ1v) is 2.49. The zero-order chi connectivity index (χ0) is 6.57. The fourth-order valence-corrected chi connectivity index (χ4v) is 0.407. The van der Waals surface area contributed by atoms with Crippen LogP contribution >= 0.6 is 0 Å². The van der Waals surface area contributed by atoms with Crippen molar-refractivity contribution >= 4 is 0 Å². The van der Waals surface area contributed by atoms with Crippen molar-refractivity contribution in [1.82, 2.24) is 0 Å². The van der Waals surface area contributed by atoms with Crippen LogP contribution in [0.3, 0.4) is 0 Å². The minimum atomic E-state index is 0.782. The minimum Gasteiger partial charge on any atom is -0.404 e. The van der Waals surface area contributed by atoms with Gasteiger partial charge in [0.1, 0.15) is 0 Å². The van der Waals surface area contributed by atoms with Crippen molar-refractivity contribution in [2.45, 2.75) is 13.8 Å². The Balaban J connectivity index is 3.89. The Morgan fingerprint density at radius 1 is 1.38 bits per heavy atom. The lowest BCUT2D eigenvalue weighted by Gasteiger charge is -1.89. The number of rotatable bonds is 1. The molecule has 8 heavy (non-hydrogen) atoms. The largest absolute Gasteiger partial charge is 0.404 e. The Labute approximate surface area is 49.9 Å². The maximum Gasteiger partial charge on any atom is 0.00520 e. The van der Waals surface area contributed by atoms with E-state index in [4.69, 9.17) is 11.5 Å². The van der Waals surface area contributed by atoms with Gasteiger partial charge >= 0.3 is 0 Å². The molecule has 4 N–H and O–H groups in total. The third-order valence-corrected chi connectivity index (χ3v) is 0.718. The van der Waals surface area contributed by atoms with Gasteiger partial charge in [0.15, 0.2) is 0 Å². The second kappa shape index (κ2) is 3.13. The summed E-state index contributed by atoms with van der Waals surface area (Å²) in [5.41, 5.74) is 12.3. The summed E-state index contributed by atoms with van der Waals surface area (Å²) in [5.74, 6) is 0. The van der Waals surface area contributed by atoms with E-state index in [-0.39, 0.29) is 0 Å². The zero-order valence-electron chi connectivity index (χ0n) is 5.31. The van der Waals surface area contributed by atoms with Gasteiger partial charge in [-0.1, -0.05) is 0 Å². The quantitative estimate of drug-likeness (QED) is 0.491. The second-order valence-corrected chi connectivity index (χ2v) is 1.80. The molecule has 0 bridgehead atoms. The van der Waals surface area contributed by atoms with Crippen molar-refractivity contribution in [3.63, 3.8) is 0 Å². The summed E-state index contributed by atoms with van der Waals surface area (Å²) in [6.07, 6.45) is 3.34. The maximum absolute atomic E-state index is 5.33. The molecule has 0 aromatic heterocycles. The third kappa shape index (κ3) is 3.28. The number of allylic oxidation sites excluding steroid dienone is 3. The number of hydrogen-bond donors (Lipinski definition) is 2. The SMILES string of the molecule is CC(=CN)/C=C(/C)N. The Hall–Kier alpha value is -0.920. The fraction of sp³-hybridized carbons (Fsp3) is 0.333. The van der Waals surface area contributed by atoms with E-state index in [9.17, 15) is 0 Å². The number of hydrogen-bond acceptors (Lipinski definition) is 2. The molecular weight excluding hydrogens is 100 g/mol. The van der Waals surface area contributed by atoms with Gasteiger partial charge in [0.25, 0.3) is 0 Å². The van der Waals surface area contributed by atoms with Gasteiger partial charge in [-0.2, -0.15) is 0 Å². The molecule has 0 rings (SSSR count). The van der Waals surface area contributed by atoms with Crippen LogP contribution < -0.4 is 11.5 Å². The van der Waals surface area contributed by atoms with Crippen molar-refractivity contribution in [3.8, 4) is 0 Å². The average molecular weight is 112 g/mol. The molecule has 0 atom stereocenters. The number of nitrogens with two attached hydrogens (primary N) is 2. The Morgan fingerprint density at radius 2 is 1.88 bits per heavy atom. The molecule has 0 radical (unpaired) electrons. The van der Waals surface area contributed by atoms with E-state index in [2.05, 4.69) is 0 Å². The van der Waals surface area contributed by atoms with Crippen LogP contribution in [0.25, 0.3) is 0 Å². The fourth-order valence-electron chi connectivity index (χ4n) is 0.407. The topological polar surface area (TPSA) is 52.0 Å². The summed E-state index contributed by atoms with van der Waals surface area (Å²) in [6, 6.07) is 0. The predicted molar refractivity (Wildman–Crippen MR) is 35.9 cm³/mol. The van der Waals surface area contributed by atoms with Gasteiger partial charge in [-0.15, -0.1) is 0 Å². The summed E-state index contributed by atoms with van der Waals surface area (Å²) in [4.78, 5) is 0. The van der Waals surface area contributed by atoms with E-state index in [1.807, 2.05) is 19.9 Å². The molecule has 0 aromatic carbocycles. The zero-order valence-corrected chi connectivity index (χ0v) is 5.31. The molecule has 0 aliphatic carbocycles. The minimum absolute atomic E-state index is 0.782. The van der Waals surface area contributed by atoms with Gasteiger partial charge < -0.3 is 11.5 Å². The van der Waals surface area contributed by atoms with Gasteiger partial charge in [0.2, 0.25) is 0 Å². The Bertz CT molecular complexity index is 118. The molecule has 0 heterocycles. The van der Waals surface area contributed by atoms with E-state index in [0.717, 1.165) is 11.3 Å². The lowest BCUT2D eigenvalue weighted by molar-refractivity contribution is 1.28. The van der Waals surface area contributed by atoms with Crippen molar-refractivity contribution < 1.29 is 0 Å². The molecule has 0 aliphatic heterocycles. The summed E-state index contributed by atoms with van der Waals surface area (Å²) < 4.78 is 0. The van der Waals surface area contributed by atoms with Crippen LogP contribution in [0.1, 0.15) is 13.8 Å². The monoisotopic (exact) mass is 112 g/mol. The molecule has 0 fully saturated rings. The molecule has 0 aliphatic rings. The molecular formula is C6H12N2.